The number of hydrogen-bond donors (Lipinski definition) is 3. The van der Waals surface area contributed by atoms with Gasteiger partial charge in [0.25, 0.3) is 0 Å². The van der Waals surface area contributed by atoms with E-state index >= 15 is 0 Å². The Labute approximate surface area is 60.8 Å². The fourth-order valence-electron chi connectivity index (χ4n) is 0.261. The molecule has 4 nitrogen and oxygen atoms in total. The highest BCUT2D eigenvalue weighted by Gasteiger charge is 2.19. The van der Waals surface area contributed by atoms with Crippen molar-refractivity contribution in [2.75, 3.05) is 5.33 Å². The van der Waals surface area contributed by atoms with Crippen LogP contribution in [0.25, 0.3) is 0 Å². The zero-order valence-electron chi connectivity index (χ0n) is 4.62. The molecule has 9 heavy (non-hydrogen) atoms. The minimum Gasteiger partial charge on any atom is -0.480 e. The number of aliphatic carboxylic acids is 1. The first kappa shape index (κ1) is 8.87. The molecule has 0 aliphatic rings. The van der Waals surface area contributed by atoms with Crippen LogP contribution in [0.1, 0.15) is 0 Å². The van der Waals surface area contributed by atoms with E-state index in [0.717, 1.165) is 0 Å². The number of aliphatic hydroxyl groups excluding tert-OH is 1. The molecule has 0 amide bonds. The van der Waals surface area contributed by atoms with Gasteiger partial charge in [0.15, 0.2) is 0 Å². The third kappa shape index (κ3) is 2.78. The monoisotopic (exact) mass is 197 g/mol. The van der Waals surface area contributed by atoms with Crippen LogP contribution in [0.5, 0.6) is 0 Å². The maximum atomic E-state index is 9.99. The number of carboxylic acids is 1. The fourth-order valence-corrected chi connectivity index (χ4v) is 0.663. The lowest BCUT2D eigenvalue weighted by molar-refractivity contribution is -0.140. The van der Waals surface area contributed by atoms with Gasteiger partial charge in [-0.3, -0.25) is 4.79 Å². The largest absolute Gasteiger partial charge is 0.480 e. The van der Waals surface area contributed by atoms with Crippen molar-refractivity contribution in [3.05, 3.63) is 0 Å². The van der Waals surface area contributed by atoms with Crippen molar-refractivity contribution in [2.24, 2.45) is 5.73 Å². The highest BCUT2D eigenvalue weighted by atomic mass is 79.9. The van der Waals surface area contributed by atoms with Gasteiger partial charge >= 0.3 is 5.97 Å². The maximum absolute atomic E-state index is 9.99. The zero-order chi connectivity index (χ0) is 7.44. The third-order valence-electron chi connectivity index (χ3n) is 0.858. The predicted octanol–water partition coefficient (Wildman–Crippen LogP) is -0.846. The highest BCUT2D eigenvalue weighted by Crippen LogP contribution is 1.94. The minimum absolute atomic E-state index is 0.181. The summed E-state index contributed by atoms with van der Waals surface area (Å²) >= 11 is 2.89. The SMILES string of the molecule is N[C@@H](C(=O)O)[C@@H](O)CBr. The number of carboxylic acid groups (broad SMARTS) is 1. The van der Waals surface area contributed by atoms with Gasteiger partial charge in [-0.15, -0.1) is 0 Å². The summed E-state index contributed by atoms with van der Waals surface area (Å²) in [5.41, 5.74) is 4.99. The van der Waals surface area contributed by atoms with Gasteiger partial charge in [-0.2, -0.15) is 0 Å². The molecular formula is C4H8BrNO3. The summed E-state index contributed by atoms with van der Waals surface area (Å²) in [6.45, 7) is 0. The summed E-state index contributed by atoms with van der Waals surface area (Å²) in [7, 11) is 0. The van der Waals surface area contributed by atoms with Crippen LogP contribution in [0.2, 0.25) is 0 Å². The van der Waals surface area contributed by atoms with E-state index in [-0.39, 0.29) is 5.33 Å². The Morgan fingerprint density at radius 3 is 2.33 bits per heavy atom. The van der Waals surface area contributed by atoms with Gasteiger partial charge in [0.2, 0.25) is 0 Å². The molecule has 0 aliphatic carbocycles. The lowest BCUT2D eigenvalue weighted by Gasteiger charge is -2.10. The molecule has 5 heteroatoms. The van der Waals surface area contributed by atoms with Gasteiger partial charge in [-0.1, -0.05) is 15.9 Å². The number of carbonyl (C=O) groups is 1. The smallest absolute Gasteiger partial charge is 0.323 e. The molecular weight excluding hydrogens is 190 g/mol. The average molecular weight is 198 g/mol. The first-order valence-electron chi connectivity index (χ1n) is 2.32. The summed E-state index contributed by atoms with van der Waals surface area (Å²) in [6.07, 6.45) is -1.01. The average Bonchev–Trinajstić information content (AvgIpc) is 1.84. The van der Waals surface area contributed by atoms with Crippen molar-refractivity contribution in [1.82, 2.24) is 0 Å². The van der Waals surface area contributed by atoms with Crippen molar-refractivity contribution < 1.29 is 15.0 Å². The van der Waals surface area contributed by atoms with E-state index in [0.29, 0.717) is 0 Å². The standard InChI is InChI=1S/C4H8BrNO3/c5-1-2(7)3(6)4(8)9/h2-3,7H,1,6H2,(H,8,9)/t2-,3+/m0/s1. The Bertz CT molecular complexity index is 108. The van der Waals surface area contributed by atoms with Gasteiger partial charge < -0.3 is 15.9 Å². The van der Waals surface area contributed by atoms with Crippen molar-refractivity contribution in [2.45, 2.75) is 12.1 Å². The lowest BCUT2D eigenvalue weighted by atomic mass is 10.2. The highest BCUT2D eigenvalue weighted by molar-refractivity contribution is 9.09. The maximum Gasteiger partial charge on any atom is 0.323 e. The molecule has 0 aromatic carbocycles. The summed E-state index contributed by atoms with van der Waals surface area (Å²) in [5, 5.41) is 17.1. The van der Waals surface area contributed by atoms with Crippen molar-refractivity contribution in [1.29, 1.82) is 0 Å². The zero-order valence-corrected chi connectivity index (χ0v) is 6.21. The van der Waals surface area contributed by atoms with E-state index in [9.17, 15) is 4.79 Å². The summed E-state index contributed by atoms with van der Waals surface area (Å²) < 4.78 is 0. The van der Waals surface area contributed by atoms with Gasteiger partial charge in [-0.05, 0) is 0 Å². The van der Waals surface area contributed by atoms with Gasteiger partial charge in [0.05, 0.1) is 6.10 Å². The van der Waals surface area contributed by atoms with E-state index in [1.807, 2.05) is 0 Å². The van der Waals surface area contributed by atoms with Crippen molar-refractivity contribution in [3.8, 4) is 0 Å². The van der Waals surface area contributed by atoms with Crippen LogP contribution in [0.3, 0.4) is 0 Å². The molecule has 0 rings (SSSR count). The molecule has 54 valence electrons. The molecule has 4 N–H and O–H groups in total. The van der Waals surface area contributed by atoms with Crippen LogP contribution in [0.4, 0.5) is 0 Å². The molecule has 0 unspecified atom stereocenters. The lowest BCUT2D eigenvalue weighted by Crippen LogP contribution is -2.42. The Balaban J connectivity index is 3.72. The van der Waals surface area contributed by atoms with Gasteiger partial charge in [-0.25, -0.2) is 0 Å². The van der Waals surface area contributed by atoms with Crippen LogP contribution in [0.15, 0.2) is 0 Å². The van der Waals surface area contributed by atoms with E-state index in [2.05, 4.69) is 15.9 Å². The number of nitrogens with two attached hydrogens (primary N) is 1. The van der Waals surface area contributed by atoms with Crippen LogP contribution < -0.4 is 5.73 Å². The molecule has 0 aromatic rings. The summed E-state index contributed by atoms with van der Waals surface area (Å²) in [6, 6.07) is -1.19. The number of alkyl halides is 1. The van der Waals surface area contributed by atoms with E-state index in [1.54, 1.807) is 0 Å². The number of halogens is 1. The molecule has 0 fully saturated rings. The predicted molar refractivity (Wildman–Crippen MR) is 35.4 cm³/mol. The first-order valence-corrected chi connectivity index (χ1v) is 3.44. The number of hydrogen-bond acceptors (Lipinski definition) is 3. The molecule has 0 aromatic heterocycles. The van der Waals surface area contributed by atoms with Crippen LogP contribution in [-0.2, 0) is 4.79 Å². The second-order valence-electron chi connectivity index (χ2n) is 1.59. The molecule has 2 atom stereocenters. The Morgan fingerprint density at radius 1 is 1.78 bits per heavy atom. The molecule has 0 radical (unpaired) electrons. The second kappa shape index (κ2) is 3.81. The van der Waals surface area contributed by atoms with E-state index in [4.69, 9.17) is 15.9 Å². The van der Waals surface area contributed by atoms with Crippen LogP contribution >= 0.6 is 15.9 Å². The van der Waals surface area contributed by atoms with Gasteiger partial charge in [0, 0.05) is 5.33 Å². The second-order valence-corrected chi connectivity index (χ2v) is 2.23. The molecule has 0 spiro atoms. The van der Waals surface area contributed by atoms with Crippen molar-refractivity contribution in [3.63, 3.8) is 0 Å². The van der Waals surface area contributed by atoms with E-state index < -0.39 is 18.1 Å². The molecule has 0 heterocycles. The Hall–Kier alpha value is -0.130. The topological polar surface area (TPSA) is 83.6 Å². The van der Waals surface area contributed by atoms with Gasteiger partial charge in [0.1, 0.15) is 6.04 Å². The normalized spacial score (nSPS) is 16.8. The van der Waals surface area contributed by atoms with Crippen LogP contribution in [0, 0.1) is 0 Å². The number of aliphatic hydroxyl groups is 1. The molecule has 0 saturated carbocycles. The molecule has 0 bridgehead atoms. The van der Waals surface area contributed by atoms with Crippen LogP contribution in [-0.4, -0.2) is 33.7 Å². The molecule has 0 saturated heterocycles. The Morgan fingerprint density at radius 2 is 2.22 bits per heavy atom. The minimum atomic E-state index is -1.19. The number of rotatable bonds is 3. The van der Waals surface area contributed by atoms with E-state index in [1.165, 1.54) is 0 Å². The molecule has 0 aliphatic heterocycles. The quantitative estimate of drug-likeness (QED) is 0.516. The summed E-state index contributed by atoms with van der Waals surface area (Å²) in [5.74, 6) is -1.19. The first-order chi connectivity index (χ1) is 4.09. The third-order valence-corrected chi connectivity index (χ3v) is 1.52. The Kier molecular flexibility index (Phi) is 3.76. The summed E-state index contributed by atoms with van der Waals surface area (Å²) in [4.78, 5) is 9.99. The fraction of sp³-hybridized carbons (Fsp3) is 0.750. The van der Waals surface area contributed by atoms with Crippen molar-refractivity contribution >= 4 is 21.9 Å².